The molecule has 1 aromatic heterocycles. The SMILES string of the molecule is CC(C)Cn1c2c(c(O)c(C(=O)Nc3cccc(Br)c3)c1=O)CCCC2. The van der Waals surface area contributed by atoms with Gasteiger partial charge in [-0.1, -0.05) is 35.8 Å². The lowest BCUT2D eigenvalue weighted by molar-refractivity contribution is 0.102. The zero-order chi connectivity index (χ0) is 18.8. The van der Waals surface area contributed by atoms with E-state index in [1.165, 1.54) is 0 Å². The minimum Gasteiger partial charge on any atom is -0.507 e. The molecule has 0 spiro atoms. The highest BCUT2D eigenvalue weighted by atomic mass is 79.9. The van der Waals surface area contributed by atoms with Crippen LogP contribution < -0.4 is 10.9 Å². The van der Waals surface area contributed by atoms with E-state index in [2.05, 4.69) is 21.2 Å². The number of nitrogens with one attached hydrogen (secondary N) is 1. The van der Waals surface area contributed by atoms with E-state index in [0.29, 0.717) is 18.7 Å². The smallest absolute Gasteiger partial charge is 0.267 e. The molecular formula is C20H23BrN2O3. The maximum absolute atomic E-state index is 13.0. The fourth-order valence-electron chi connectivity index (χ4n) is 3.47. The van der Waals surface area contributed by atoms with Gasteiger partial charge in [0.05, 0.1) is 0 Å². The molecule has 2 N–H and O–H groups in total. The van der Waals surface area contributed by atoms with Gasteiger partial charge in [-0.25, -0.2) is 0 Å². The van der Waals surface area contributed by atoms with Gasteiger partial charge < -0.3 is 15.0 Å². The molecule has 6 heteroatoms. The Kier molecular flexibility index (Phi) is 5.51. The van der Waals surface area contributed by atoms with Crippen LogP contribution in [-0.4, -0.2) is 15.6 Å². The number of aromatic nitrogens is 1. The molecule has 0 fully saturated rings. The number of hydrogen-bond acceptors (Lipinski definition) is 3. The van der Waals surface area contributed by atoms with Gasteiger partial charge in [0, 0.05) is 28.0 Å². The molecule has 0 saturated carbocycles. The second-order valence-electron chi connectivity index (χ2n) is 7.13. The summed E-state index contributed by atoms with van der Waals surface area (Å²) in [5.74, 6) is -0.460. The van der Waals surface area contributed by atoms with E-state index >= 15 is 0 Å². The van der Waals surface area contributed by atoms with Crippen LogP contribution in [0, 0.1) is 5.92 Å². The molecule has 1 amide bonds. The number of amides is 1. The van der Waals surface area contributed by atoms with E-state index in [9.17, 15) is 14.7 Å². The number of aromatic hydroxyl groups is 1. The molecular weight excluding hydrogens is 396 g/mol. The molecule has 3 rings (SSSR count). The molecule has 26 heavy (non-hydrogen) atoms. The predicted molar refractivity (Wildman–Crippen MR) is 106 cm³/mol. The number of pyridine rings is 1. The molecule has 0 aliphatic heterocycles. The van der Waals surface area contributed by atoms with Crippen LogP contribution in [0.2, 0.25) is 0 Å². The number of rotatable bonds is 4. The van der Waals surface area contributed by atoms with Crippen molar-refractivity contribution in [3.8, 4) is 5.75 Å². The summed E-state index contributed by atoms with van der Waals surface area (Å²) in [5, 5.41) is 13.4. The molecule has 0 saturated heterocycles. The molecule has 5 nitrogen and oxygen atoms in total. The van der Waals surface area contributed by atoms with Crippen LogP contribution in [0.1, 0.15) is 48.3 Å². The molecule has 1 aromatic carbocycles. The topological polar surface area (TPSA) is 71.3 Å². The minimum absolute atomic E-state index is 0.155. The Bertz CT molecular complexity index is 903. The Hall–Kier alpha value is -2.08. The summed E-state index contributed by atoms with van der Waals surface area (Å²) < 4.78 is 2.51. The van der Waals surface area contributed by atoms with Gasteiger partial charge in [-0.2, -0.15) is 0 Å². The van der Waals surface area contributed by atoms with Crippen molar-refractivity contribution in [2.24, 2.45) is 5.92 Å². The average Bonchev–Trinajstić information content (AvgIpc) is 2.58. The zero-order valence-electron chi connectivity index (χ0n) is 15.0. The van der Waals surface area contributed by atoms with Crippen molar-refractivity contribution in [2.45, 2.75) is 46.1 Å². The summed E-state index contributed by atoms with van der Waals surface area (Å²) in [7, 11) is 0. The van der Waals surface area contributed by atoms with Crippen molar-refractivity contribution in [1.82, 2.24) is 4.57 Å². The largest absolute Gasteiger partial charge is 0.507 e. The highest BCUT2D eigenvalue weighted by Crippen LogP contribution is 2.31. The van der Waals surface area contributed by atoms with Crippen molar-refractivity contribution < 1.29 is 9.90 Å². The van der Waals surface area contributed by atoms with E-state index < -0.39 is 11.5 Å². The summed E-state index contributed by atoms with van der Waals surface area (Å²) >= 11 is 3.36. The summed E-state index contributed by atoms with van der Waals surface area (Å²) in [6.07, 6.45) is 3.40. The summed E-state index contributed by atoms with van der Waals surface area (Å²) in [5.41, 5.74) is 1.62. The molecule has 1 aliphatic carbocycles. The first-order valence-corrected chi connectivity index (χ1v) is 9.72. The van der Waals surface area contributed by atoms with Crippen LogP contribution in [-0.2, 0) is 19.4 Å². The molecule has 138 valence electrons. The number of benzene rings is 1. The van der Waals surface area contributed by atoms with Crippen molar-refractivity contribution in [1.29, 1.82) is 0 Å². The molecule has 2 aromatic rings. The Labute approximate surface area is 161 Å². The first-order chi connectivity index (χ1) is 12.4. The van der Waals surface area contributed by atoms with Gasteiger partial charge in [0.25, 0.3) is 11.5 Å². The van der Waals surface area contributed by atoms with Gasteiger partial charge in [-0.15, -0.1) is 0 Å². The van der Waals surface area contributed by atoms with Crippen LogP contribution in [0.4, 0.5) is 5.69 Å². The minimum atomic E-state index is -0.573. The Morgan fingerprint density at radius 2 is 2.04 bits per heavy atom. The monoisotopic (exact) mass is 418 g/mol. The molecule has 0 bridgehead atoms. The Morgan fingerprint density at radius 1 is 1.31 bits per heavy atom. The fraction of sp³-hybridized carbons (Fsp3) is 0.400. The number of anilines is 1. The van der Waals surface area contributed by atoms with E-state index in [-0.39, 0.29) is 17.2 Å². The van der Waals surface area contributed by atoms with E-state index in [1.807, 2.05) is 19.9 Å². The van der Waals surface area contributed by atoms with Crippen molar-refractivity contribution in [3.63, 3.8) is 0 Å². The lowest BCUT2D eigenvalue weighted by atomic mass is 9.92. The molecule has 0 unspecified atom stereocenters. The van der Waals surface area contributed by atoms with Gasteiger partial charge in [0.1, 0.15) is 11.3 Å². The molecule has 1 heterocycles. The van der Waals surface area contributed by atoms with Crippen LogP contribution in [0.3, 0.4) is 0 Å². The standard InChI is InChI=1S/C20H23BrN2O3/c1-12(2)11-23-16-9-4-3-8-15(16)18(24)17(20(23)26)19(25)22-14-7-5-6-13(21)10-14/h5-7,10,12,24H,3-4,8-9,11H2,1-2H3,(H,22,25). The number of fused-ring (bicyclic) bond motifs is 1. The highest BCUT2D eigenvalue weighted by Gasteiger charge is 2.27. The van der Waals surface area contributed by atoms with Crippen LogP contribution >= 0.6 is 15.9 Å². The third-order valence-electron chi connectivity index (χ3n) is 4.60. The van der Waals surface area contributed by atoms with Gasteiger partial charge in [0.2, 0.25) is 0 Å². The number of carbonyl (C=O) groups is 1. The van der Waals surface area contributed by atoms with Crippen molar-refractivity contribution in [2.75, 3.05) is 5.32 Å². The summed E-state index contributed by atoms with van der Waals surface area (Å²) in [6.45, 7) is 4.62. The quantitative estimate of drug-likeness (QED) is 0.784. The Morgan fingerprint density at radius 3 is 2.73 bits per heavy atom. The lowest BCUT2D eigenvalue weighted by Crippen LogP contribution is -2.34. The van der Waals surface area contributed by atoms with E-state index in [0.717, 1.165) is 35.0 Å². The molecule has 0 atom stereocenters. The van der Waals surface area contributed by atoms with Crippen LogP contribution in [0.15, 0.2) is 33.5 Å². The van der Waals surface area contributed by atoms with Gasteiger partial charge in [0.15, 0.2) is 0 Å². The van der Waals surface area contributed by atoms with Crippen LogP contribution in [0.25, 0.3) is 0 Å². The van der Waals surface area contributed by atoms with Gasteiger partial charge >= 0.3 is 0 Å². The van der Waals surface area contributed by atoms with E-state index in [1.54, 1.807) is 22.8 Å². The third kappa shape index (κ3) is 3.70. The summed E-state index contributed by atoms with van der Waals surface area (Å²) in [4.78, 5) is 25.8. The third-order valence-corrected chi connectivity index (χ3v) is 5.10. The number of carbonyl (C=O) groups excluding carboxylic acids is 1. The van der Waals surface area contributed by atoms with Crippen LogP contribution in [0.5, 0.6) is 5.75 Å². The average molecular weight is 419 g/mol. The Balaban J connectivity index is 2.08. The maximum atomic E-state index is 13.0. The first-order valence-electron chi connectivity index (χ1n) is 8.93. The zero-order valence-corrected chi connectivity index (χ0v) is 16.6. The predicted octanol–water partition coefficient (Wildman–Crippen LogP) is 4.10. The second kappa shape index (κ2) is 7.66. The normalized spacial score (nSPS) is 13.5. The fourth-order valence-corrected chi connectivity index (χ4v) is 3.87. The summed E-state index contributed by atoms with van der Waals surface area (Å²) in [6, 6.07) is 7.13. The van der Waals surface area contributed by atoms with Crippen molar-refractivity contribution >= 4 is 27.5 Å². The van der Waals surface area contributed by atoms with E-state index in [4.69, 9.17) is 0 Å². The lowest BCUT2D eigenvalue weighted by Gasteiger charge is -2.24. The maximum Gasteiger partial charge on any atom is 0.267 e. The number of halogens is 1. The van der Waals surface area contributed by atoms with Gasteiger partial charge in [-0.05, 0) is 49.8 Å². The second-order valence-corrected chi connectivity index (χ2v) is 8.05. The van der Waals surface area contributed by atoms with Gasteiger partial charge in [-0.3, -0.25) is 9.59 Å². The van der Waals surface area contributed by atoms with Crippen molar-refractivity contribution in [3.05, 3.63) is 55.9 Å². The first kappa shape index (κ1) is 18.7. The molecule has 1 aliphatic rings. The number of nitrogens with zero attached hydrogens (tertiary/aromatic N) is 1. The molecule has 0 radical (unpaired) electrons. The number of hydrogen-bond donors (Lipinski definition) is 2. The highest BCUT2D eigenvalue weighted by molar-refractivity contribution is 9.10.